The second kappa shape index (κ2) is 9.79. The highest BCUT2D eigenvalue weighted by molar-refractivity contribution is 5.98. The summed E-state index contributed by atoms with van der Waals surface area (Å²) in [5.74, 6) is -0.375. The van der Waals surface area contributed by atoms with E-state index in [1.54, 1.807) is 11.0 Å². The zero-order valence-corrected chi connectivity index (χ0v) is 19.4. The Morgan fingerprint density at radius 3 is 2.03 bits per heavy atom. The predicted octanol–water partition coefficient (Wildman–Crippen LogP) is 4.03. The number of ether oxygens (including phenoxy) is 2. The number of likely N-dealkylation sites (tertiary alicyclic amines) is 1. The van der Waals surface area contributed by atoms with Crippen LogP contribution in [0.2, 0.25) is 0 Å². The maximum atomic E-state index is 12.3. The van der Waals surface area contributed by atoms with Crippen molar-refractivity contribution in [2.24, 2.45) is 11.8 Å². The third-order valence-electron chi connectivity index (χ3n) is 6.39. The number of esters is 1. The molecule has 2 heterocycles. The van der Waals surface area contributed by atoms with Crippen molar-refractivity contribution in [3.63, 3.8) is 0 Å². The molecule has 0 unspecified atom stereocenters. The summed E-state index contributed by atoms with van der Waals surface area (Å²) in [6.45, 7) is 8.57. The molecule has 3 rings (SSSR count). The lowest BCUT2D eigenvalue weighted by atomic mass is 9.78. The number of methoxy groups -OCH3 is 1. The quantitative estimate of drug-likeness (QED) is 0.698. The number of carboxylic acid groups (broad SMARTS) is 1. The second-order valence-electron chi connectivity index (χ2n) is 9.66. The molecule has 1 amide bonds. The van der Waals surface area contributed by atoms with Crippen molar-refractivity contribution in [2.75, 3.05) is 38.2 Å². The molecule has 0 radical (unpaired) electrons. The molecule has 2 aliphatic heterocycles. The Labute approximate surface area is 189 Å². The van der Waals surface area contributed by atoms with Crippen molar-refractivity contribution in [3.8, 4) is 0 Å². The number of amides is 1. The van der Waals surface area contributed by atoms with Crippen LogP contribution in [-0.4, -0.2) is 66.9 Å². The van der Waals surface area contributed by atoms with Gasteiger partial charge in [0.15, 0.2) is 0 Å². The Balaban J connectivity index is 1.59. The summed E-state index contributed by atoms with van der Waals surface area (Å²) in [6.07, 6.45) is 3.63. The molecule has 1 N–H and O–H groups in total. The standard InChI is InChI=1S/C24H34N2O6/c1-24(2,3)32-23(30)26-13-9-17(10-14-26)16-7-11-25(12-8-16)20-15-18(21(27)28)5-6-19(20)22(29)31-4/h5-6,15-17H,7-14H2,1-4H3,(H,27,28). The van der Waals surface area contributed by atoms with E-state index in [4.69, 9.17) is 9.47 Å². The van der Waals surface area contributed by atoms with Crippen LogP contribution in [0.4, 0.5) is 10.5 Å². The number of carbonyl (C=O) groups is 3. The van der Waals surface area contributed by atoms with Crippen LogP contribution in [0, 0.1) is 11.8 Å². The molecule has 0 aromatic heterocycles. The number of hydrogen-bond donors (Lipinski definition) is 1. The number of rotatable bonds is 4. The number of carbonyl (C=O) groups excluding carboxylic acids is 2. The molecule has 2 aliphatic rings. The van der Waals surface area contributed by atoms with E-state index in [0.717, 1.165) is 38.8 Å². The topological polar surface area (TPSA) is 96.4 Å². The highest BCUT2D eigenvalue weighted by atomic mass is 16.6. The molecule has 176 valence electrons. The van der Waals surface area contributed by atoms with Crippen molar-refractivity contribution >= 4 is 23.7 Å². The number of aromatic carboxylic acids is 1. The molecule has 0 bridgehead atoms. The molecule has 0 spiro atoms. The van der Waals surface area contributed by atoms with Gasteiger partial charge in [0.05, 0.1) is 23.9 Å². The zero-order valence-electron chi connectivity index (χ0n) is 19.4. The molecule has 1 aromatic carbocycles. The molecule has 0 saturated carbocycles. The van der Waals surface area contributed by atoms with Crippen LogP contribution in [-0.2, 0) is 9.47 Å². The molecule has 8 nitrogen and oxygen atoms in total. The second-order valence-corrected chi connectivity index (χ2v) is 9.66. The molecule has 2 saturated heterocycles. The van der Waals surface area contributed by atoms with E-state index < -0.39 is 17.5 Å². The van der Waals surface area contributed by atoms with Crippen molar-refractivity contribution in [1.29, 1.82) is 0 Å². The van der Waals surface area contributed by atoms with Crippen molar-refractivity contribution in [3.05, 3.63) is 29.3 Å². The van der Waals surface area contributed by atoms with Gasteiger partial charge in [-0.25, -0.2) is 14.4 Å². The summed E-state index contributed by atoms with van der Waals surface area (Å²) in [5, 5.41) is 9.36. The fourth-order valence-corrected chi connectivity index (χ4v) is 4.70. The van der Waals surface area contributed by atoms with Crippen LogP contribution >= 0.6 is 0 Å². The van der Waals surface area contributed by atoms with Crippen molar-refractivity contribution in [2.45, 2.75) is 52.1 Å². The maximum absolute atomic E-state index is 12.3. The van der Waals surface area contributed by atoms with Crippen LogP contribution in [0.3, 0.4) is 0 Å². The number of hydrogen-bond acceptors (Lipinski definition) is 6. The predicted molar refractivity (Wildman–Crippen MR) is 120 cm³/mol. The van der Waals surface area contributed by atoms with Crippen molar-refractivity contribution < 1.29 is 29.0 Å². The fourth-order valence-electron chi connectivity index (χ4n) is 4.70. The molecule has 0 aliphatic carbocycles. The fraction of sp³-hybridized carbons (Fsp3) is 0.625. The van der Waals surface area contributed by atoms with E-state index in [1.165, 1.54) is 19.2 Å². The Kier molecular flexibility index (Phi) is 7.31. The van der Waals surface area contributed by atoms with Gasteiger partial charge in [-0.2, -0.15) is 0 Å². The number of carboxylic acids is 1. The van der Waals surface area contributed by atoms with E-state index in [1.807, 2.05) is 20.8 Å². The smallest absolute Gasteiger partial charge is 0.410 e. The first kappa shape index (κ1) is 23.9. The Morgan fingerprint density at radius 1 is 0.969 bits per heavy atom. The molecule has 32 heavy (non-hydrogen) atoms. The van der Waals surface area contributed by atoms with Gasteiger partial charge in [0.25, 0.3) is 0 Å². The lowest BCUT2D eigenvalue weighted by Gasteiger charge is -2.41. The van der Waals surface area contributed by atoms with E-state index in [-0.39, 0.29) is 11.7 Å². The van der Waals surface area contributed by atoms with Gasteiger partial charge < -0.3 is 24.4 Å². The van der Waals surface area contributed by atoms with E-state index in [2.05, 4.69) is 4.90 Å². The van der Waals surface area contributed by atoms with E-state index in [0.29, 0.717) is 36.2 Å². The first-order valence-electron chi connectivity index (χ1n) is 11.3. The van der Waals surface area contributed by atoms with Gasteiger partial charge in [-0.1, -0.05) is 0 Å². The minimum absolute atomic E-state index is 0.157. The Bertz CT molecular complexity index is 847. The number of benzene rings is 1. The first-order chi connectivity index (χ1) is 15.1. The van der Waals surface area contributed by atoms with Gasteiger partial charge in [-0.05, 0) is 76.5 Å². The largest absolute Gasteiger partial charge is 0.478 e. The van der Waals surface area contributed by atoms with Crippen LogP contribution in [0.1, 0.15) is 67.2 Å². The van der Waals surface area contributed by atoms with Crippen LogP contribution in [0.25, 0.3) is 0 Å². The minimum atomic E-state index is -1.02. The highest BCUT2D eigenvalue weighted by Crippen LogP contribution is 2.35. The summed E-state index contributed by atoms with van der Waals surface area (Å²) in [7, 11) is 1.33. The van der Waals surface area contributed by atoms with Gasteiger partial charge in [0.1, 0.15) is 5.60 Å². The zero-order chi connectivity index (χ0) is 23.5. The first-order valence-corrected chi connectivity index (χ1v) is 11.3. The monoisotopic (exact) mass is 446 g/mol. The van der Waals surface area contributed by atoms with E-state index in [9.17, 15) is 19.5 Å². The van der Waals surface area contributed by atoms with E-state index >= 15 is 0 Å². The number of nitrogens with zero attached hydrogens (tertiary/aromatic N) is 2. The van der Waals surface area contributed by atoms with Crippen LogP contribution in [0.5, 0.6) is 0 Å². The summed E-state index contributed by atoms with van der Waals surface area (Å²) < 4.78 is 10.4. The highest BCUT2D eigenvalue weighted by Gasteiger charge is 2.33. The molecule has 1 aromatic rings. The van der Waals surface area contributed by atoms with Gasteiger partial charge in [-0.15, -0.1) is 0 Å². The average molecular weight is 447 g/mol. The molecular weight excluding hydrogens is 412 g/mol. The SMILES string of the molecule is COC(=O)c1ccc(C(=O)O)cc1N1CCC(C2CCN(C(=O)OC(C)(C)C)CC2)CC1. The normalized spacial score (nSPS) is 18.4. The molecule has 8 heteroatoms. The summed E-state index contributed by atoms with van der Waals surface area (Å²) in [6, 6.07) is 4.53. The Morgan fingerprint density at radius 2 is 1.53 bits per heavy atom. The molecular formula is C24H34N2O6. The molecule has 0 atom stereocenters. The van der Waals surface area contributed by atoms with Gasteiger partial charge in [0.2, 0.25) is 0 Å². The molecule has 2 fully saturated rings. The van der Waals surface area contributed by atoms with Gasteiger partial charge >= 0.3 is 18.0 Å². The lowest BCUT2D eigenvalue weighted by molar-refractivity contribution is 0.0152. The lowest BCUT2D eigenvalue weighted by Crippen LogP contribution is -2.44. The van der Waals surface area contributed by atoms with Gasteiger partial charge in [-0.3, -0.25) is 0 Å². The minimum Gasteiger partial charge on any atom is -0.478 e. The average Bonchev–Trinajstić information content (AvgIpc) is 2.77. The summed E-state index contributed by atoms with van der Waals surface area (Å²) >= 11 is 0. The third kappa shape index (κ3) is 5.72. The number of piperidine rings is 2. The van der Waals surface area contributed by atoms with Crippen molar-refractivity contribution in [1.82, 2.24) is 4.90 Å². The summed E-state index contributed by atoms with van der Waals surface area (Å²) in [4.78, 5) is 39.8. The summed E-state index contributed by atoms with van der Waals surface area (Å²) in [5.41, 5.74) is 0.683. The Hall–Kier alpha value is -2.77. The van der Waals surface area contributed by atoms with Gasteiger partial charge in [0, 0.05) is 26.2 Å². The van der Waals surface area contributed by atoms with Crippen LogP contribution < -0.4 is 4.90 Å². The third-order valence-corrected chi connectivity index (χ3v) is 6.39. The number of anilines is 1. The van der Waals surface area contributed by atoms with Crippen LogP contribution in [0.15, 0.2) is 18.2 Å². The maximum Gasteiger partial charge on any atom is 0.410 e.